The molecule has 0 spiro atoms. The van der Waals surface area contributed by atoms with Crippen LogP contribution in [-0.4, -0.2) is 4.92 Å². The molecule has 1 rings (SSSR count). The largest absolute Gasteiger partial charge is 0.273 e. The Kier molecular flexibility index (Phi) is 2.98. The summed E-state index contributed by atoms with van der Waals surface area (Å²) < 4.78 is 13.0. The highest BCUT2D eigenvalue weighted by molar-refractivity contribution is 9.08. The van der Waals surface area contributed by atoms with Crippen LogP contribution in [0.25, 0.3) is 0 Å². The molecule has 0 saturated heterocycles. The molecule has 70 valence electrons. The van der Waals surface area contributed by atoms with E-state index in [1.54, 1.807) is 0 Å². The summed E-state index contributed by atoms with van der Waals surface area (Å²) in [5.41, 5.74) is 0.673. The van der Waals surface area contributed by atoms with Crippen LogP contribution in [0.15, 0.2) is 12.1 Å². The molecule has 0 aliphatic carbocycles. The van der Waals surface area contributed by atoms with E-state index in [-0.39, 0.29) is 11.0 Å². The molecule has 0 heterocycles. The highest BCUT2D eigenvalue weighted by Gasteiger charge is 2.16. The molecule has 0 fully saturated rings. The van der Waals surface area contributed by atoms with Gasteiger partial charge < -0.3 is 0 Å². The molecule has 5 heteroatoms. The monoisotopic (exact) mass is 247 g/mol. The van der Waals surface area contributed by atoms with Crippen LogP contribution >= 0.6 is 15.9 Å². The maximum absolute atomic E-state index is 13.0. The minimum atomic E-state index is -0.511. The van der Waals surface area contributed by atoms with Gasteiger partial charge in [0.2, 0.25) is 0 Å². The number of hydrogen-bond donors (Lipinski definition) is 0. The third-order valence-electron chi connectivity index (χ3n) is 1.84. The summed E-state index contributed by atoms with van der Waals surface area (Å²) in [6.07, 6.45) is 0. The lowest BCUT2D eigenvalue weighted by Crippen LogP contribution is -1.98. The Morgan fingerprint density at radius 2 is 2.23 bits per heavy atom. The second kappa shape index (κ2) is 3.83. The van der Waals surface area contributed by atoms with Crippen LogP contribution in [0.2, 0.25) is 0 Å². The zero-order valence-electron chi connectivity index (χ0n) is 6.88. The van der Waals surface area contributed by atoms with Gasteiger partial charge in [-0.15, -0.1) is 0 Å². The SMILES string of the molecule is Cc1c(F)ccc([N+](=O)[O-])c1CBr. The van der Waals surface area contributed by atoms with Crippen LogP contribution in [0, 0.1) is 22.9 Å². The fourth-order valence-corrected chi connectivity index (χ4v) is 1.76. The molecular weight excluding hydrogens is 241 g/mol. The van der Waals surface area contributed by atoms with Crippen molar-refractivity contribution >= 4 is 21.6 Å². The minimum Gasteiger partial charge on any atom is -0.258 e. The summed E-state index contributed by atoms with van der Waals surface area (Å²) in [6.45, 7) is 1.53. The Bertz CT molecular complexity index is 354. The molecular formula is C8H7BrFNO2. The van der Waals surface area contributed by atoms with Gasteiger partial charge in [-0.05, 0) is 18.6 Å². The summed E-state index contributed by atoms with van der Waals surface area (Å²) in [5, 5.41) is 10.8. The molecule has 1 aromatic rings. The van der Waals surface area contributed by atoms with Gasteiger partial charge in [-0.3, -0.25) is 10.1 Å². The molecule has 0 aliphatic rings. The predicted octanol–water partition coefficient (Wildman–Crippen LogP) is 2.94. The fraction of sp³-hybridized carbons (Fsp3) is 0.250. The van der Waals surface area contributed by atoms with E-state index in [1.807, 2.05) is 0 Å². The summed E-state index contributed by atoms with van der Waals surface area (Å²) in [7, 11) is 0. The summed E-state index contributed by atoms with van der Waals surface area (Å²) in [5.74, 6) is -0.417. The number of nitro groups is 1. The third-order valence-corrected chi connectivity index (χ3v) is 2.40. The van der Waals surface area contributed by atoms with Crippen molar-refractivity contribution in [2.45, 2.75) is 12.3 Å². The zero-order chi connectivity index (χ0) is 10.0. The van der Waals surface area contributed by atoms with Gasteiger partial charge in [-0.25, -0.2) is 4.39 Å². The number of nitrogens with zero attached hydrogens (tertiary/aromatic N) is 1. The van der Waals surface area contributed by atoms with E-state index in [0.717, 1.165) is 6.07 Å². The lowest BCUT2D eigenvalue weighted by molar-refractivity contribution is -0.385. The summed E-state index contributed by atoms with van der Waals surface area (Å²) in [6, 6.07) is 2.29. The quantitative estimate of drug-likeness (QED) is 0.458. The Morgan fingerprint density at radius 1 is 1.62 bits per heavy atom. The van der Waals surface area contributed by atoms with Gasteiger partial charge in [-0.1, -0.05) is 15.9 Å². The zero-order valence-corrected chi connectivity index (χ0v) is 8.47. The molecule has 0 amide bonds. The van der Waals surface area contributed by atoms with Crippen molar-refractivity contribution in [1.29, 1.82) is 0 Å². The fourth-order valence-electron chi connectivity index (χ4n) is 1.05. The normalized spacial score (nSPS) is 10.1. The Balaban J connectivity index is 3.38. The van der Waals surface area contributed by atoms with Gasteiger partial charge in [0.15, 0.2) is 0 Å². The highest BCUT2D eigenvalue weighted by Crippen LogP contribution is 2.26. The first-order valence-corrected chi connectivity index (χ1v) is 4.68. The van der Waals surface area contributed by atoms with Crippen LogP contribution in [0.4, 0.5) is 10.1 Å². The van der Waals surface area contributed by atoms with Crippen molar-refractivity contribution < 1.29 is 9.31 Å². The number of halogens is 2. The molecule has 3 nitrogen and oxygen atoms in total. The van der Waals surface area contributed by atoms with Gasteiger partial charge in [-0.2, -0.15) is 0 Å². The first kappa shape index (κ1) is 10.1. The number of benzene rings is 1. The first-order valence-electron chi connectivity index (χ1n) is 3.56. The van der Waals surface area contributed by atoms with Crippen molar-refractivity contribution in [2.24, 2.45) is 0 Å². The molecule has 0 atom stereocenters. The van der Waals surface area contributed by atoms with Gasteiger partial charge in [0, 0.05) is 17.0 Å². The molecule has 0 aromatic heterocycles. The second-order valence-electron chi connectivity index (χ2n) is 2.56. The van der Waals surface area contributed by atoms with Crippen molar-refractivity contribution in [3.05, 3.63) is 39.2 Å². The number of nitro benzene ring substituents is 1. The maximum atomic E-state index is 13.0. The van der Waals surface area contributed by atoms with Gasteiger partial charge >= 0.3 is 0 Å². The van der Waals surface area contributed by atoms with Crippen LogP contribution in [-0.2, 0) is 5.33 Å². The lowest BCUT2D eigenvalue weighted by atomic mass is 10.1. The predicted molar refractivity (Wildman–Crippen MR) is 50.4 cm³/mol. The van der Waals surface area contributed by atoms with Crippen molar-refractivity contribution in [3.63, 3.8) is 0 Å². The van der Waals surface area contributed by atoms with E-state index in [9.17, 15) is 14.5 Å². The van der Waals surface area contributed by atoms with E-state index < -0.39 is 10.7 Å². The molecule has 0 radical (unpaired) electrons. The highest BCUT2D eigenvalue weighted by atomic mass is 79.9. The average Bonchev–Trinajstić information content (AvgIpc) is 2.09. The van der Waals surface area contributed by atoms with Crippen LogP contribution in [0.5, 0.6) is 0 Å². The van der Waals surface area contributed by atoms with Gasteiger partial charge in [0.1, 0.15) is 5.82 Å². The number of alkyl halides is 1. The Hall–Kier alpha value is -0.970. The summed E-state index contributed by atoms with van der Waals surface area (Å²) >= 11 is 3.09. The molecule has 0 N–H and O–H groups in total. The number of hydrogen-bond acceptors (Lipinski definition) is 2. The van der Waals surface area contributed by atoms with Crippen LogP contribution in [0.3, 0.4) is 0 Å². The van der Waals surface area contributed by atoms with Crippen LogP contribution in [0.1, 0.15) is 11.1 Å². The second-order valence-corrected chi connectivity index (χ2v) is 3.12. The smallest absolute Gasteiger partial charge is 0.258 e. The van der Waals surface area contributed by atoms with Crippen molar-refractivity contribution in [2.75, 3.05) is 0 Å². The maximum Gasteiger partial charge on any atom is 0.273 e. The standard InChI is InChI=1S/C8H7BrFNO2/c1-5-6(4-9)8(11(12)13)3-2-7(5)10/h2-3H,4H2,1H3. The van der Waals surface area contributed by atoms with Gasteiger partial charge in [0.25, 0.3) is 5.69 Å². The molecule has 0 aliphatic heterocycles. The van der Waals surface area contributed by atoms with E-state index >= 15 is 0 Å². The van der Waals surface area contributed by atoms with E-state index in [0.29, 0.717) is 11.1 Å². The molecule has 13 heavy (non-hydrogen) atoms. The summed E-state index contributed by atoms with van der Waals surface area (Å²) in [4.78, 5) is 10.00. The van der Waals surface area contributed by atoms with E-state index in [1.165, 1.54) is 13.0 Å². The number of rotatable bonds is 2. The average molecular weight is 248 g/mol. The molecule has 1 aromatic carbocycles. The molecule has 0 saturated carbocycles. The topological polar surface area (TPSA) is 43.1 Å². The minimum absolute atomic E-state index is 0.0456. The van der Waals surface area contributed by atoms with Crippen molar-refractivity contribution in [1.82, 2.24) is 0 Å². The third kappa shape index (κ3) is 1.85. The van der Waals surface area contributed by atoms with E-state index in [2.05, 4.69) is 15.9 Å². The Morgan fingerprint density at radius 3 is 2.69 bits per heavy atom. The first-order chi connectivity index (χ1) is 6.07. The Labute approximate surface area is 82.8 Å². The van der Waals surface area contributed by atoms with Crippen molar-refractivity contribution in [3.8, 4) is 0 Å². The molecule has 0 unspecified atom stereocenters. The lowest BCUT2D eigenvalue weighted by Gasteiger charge is -2.03. The van der Waals surface area contributed by atoms with Crippen LogP contribution < -0.4 is 0 Å². The van der Waals surface area contributed by atoms with E-state index in [4.69, 9.17) is 0 Å². The molecule has 0 bridgehead atoms. The van der Waals surface area contributed by atoms with Gasteiger partial charge in [0.05, 0.1) is 4.92 Å².